The van der Waals surface area contributed by atoms with E-state index in [9.17, 15) is 9.90 Å². The molecule has 2 heterocycles. The quantitative estimate of drug-likeness (QED) is 0.815. The molecular formula is C17H15ClN2O3. The van der Waals surface area contributed by atoms with Crippen molar-refractivity contribution in [2.75, 3.05) is 13.1 Å². The second-order valence-corrected chi connectivity index (χ2v) is 5.89. The minimum absolute atomic E-state index is 0.209. The summed E-state index contributed by atoms with van der Waals surface area (Å²) in [7, 11) is 0. The van der Waals surface area contributed by atoms with Crippen LogP contribution in [-0.2, 0) is 0 Å². The first kappa shape index (κ1) is 15.6. The minimum Gasteiger partial charge on any atom is -0.438 e. The molecule has 2 aromatic rings. The third-order valence-corrected chi connectivity index (χ3v) is 4.02. The van der Waals surface area contributed by atoms with Gasteiger partial charge in [0.15, 0.2) is 6.39 Å². The standard InChI is InChI=1S/C17H15ClN2O3/c18-14-3-1-2-13(10-14)4-5-17(22)6-8-20(9-7-17)16(21)15-11-19-12-23-15/h1-3,10-12,22H,6-9H2. The van der Waals surface area contributed by atoms with E-state index >= 15 is 0 Å². The fraction of sp³-hybridized carbons (Fsp3) is 0.294. The number of aromatic nitrogens is 1. The van der Waals surface area contributed by atoms with Gasteiger partial charge in [-0.3, -0.25) is 4.79 Å². The molecule has 1 saturated heterocycles. The lowest BCUT2D eigenvalue weighted by Gasteiger charge is -2.34. The number of likely N-dealkylation sites (tertiary alicyclic amines) is 1. The number of carbonyl (C=O) groups is 1. The van der Waals surface area contributed by atoms with Crippen molar-refractivity contribution in [2.24, 2.45) is 0 Å². The van der Waals surface area contributed by atoms with Gasteiger partial charge in [0.1, 0.15) is 5.60 Å². The highest BCUT2D eigenvalue weighted by molar-refractivity contribution is 6.30. The number of rotatable bonds is 1. The van der Waals surface area contributed by atoms with Crippen LogP contribution in [0.2, 0.25) is 5.02 Å². The molecule has 1 amide bonds. The van der Waals surface area contributed by atoms with Crippen molar-refractivity contribution in [3.8, 4) is 11.8 Å². The maximum absolute atomic E-state index is 12.1. The summed E-state index contributed by atoms with van der Waals surface area (Å²) in [4.78, 5) is 17.5. The van der Waals surface area contributed by atoms with E-state index in [2.05, 4.69) is 16.8 Å². The van der Waals surface area contributed by atoms with E-state index < -0.39 is 5.60 Å². The van der Waals surface area contributed by atoms with Gasteiger partial charge in [0.25, 0.3) is 5.91 Å². The summed E-state index contributed by atoms with van der Waals surface area (Å²) in [5.41, 5.74) is -0.341. The van der Waals surface area contributed by atoms with Crippen LogP contribution in [0.1, 0.15) is 29.0 Å². The molecule has 1 N–H and O–H groups in total. The third kappa shape index (κ3) is 3.73. The molecule has 0 radical (unpaired) electrons. The van der Waals surface area contributed by atoms with Gasteiger partial charge in [-0.1, -0.05) is 29.5 Å². The predicted octanol–water partition coefficient (Wildman–Crippen LogP) is 2.35. The number of oxazole rings is 1. The summed E-state index contributed by atoms with van der Waals surface area (Å²) in [6.45, 7) is 0.834. The number of piperidine rings is 1. The van der Waals surface area contributed by atoms with Crippen LogP contribution in [-0.4, -0.2) is 39.6 Å². The average molecular weight is 331 g/mol. The van der Waals surface area contributed by atoms with Crippen LogP contribution in [0.25, 0.3) is 0 Å². The van der Waals surface area contributed by atoms with Crippen LogP contribution >= 0.6 is 11.6 Å². The molecule has 0 bridgehead atoms. The summed E-state index contributed by atoms with van der Waals surface area (Å²) < 4.78 is 5.01. The zero-order chi connectivity index (χ0) is 16.3. The molecule has 6 heteroatoms. The summed E-state index contributed by atoms with van der Waals surface area (Å²) in [6.07, 6.45) is 3.40. The van der Waals surface area contributed by atoms with E-state index in [0.717, 1.165) is 5.56 Å². The number of hydrogen-bond acceptors (Lipinski definition) is 4. The van der Waals surface area contributed by atoms with Gasteiger partial charge in [-0.05, 0) is 18.2 Å². The zero-order valence-corrected chi connectivity index (χ0v) is 13.1. The van der Waals surface area contributed by atoms with Crippen molar-refractivity contribution in [1.29, 1.82) is 0 Å². The predicted molar refractivity (Wildman–Crippen MR) is 84.9 cm³/mol. The van der Waals surface area contributed by atoms with Crippen molar-refractivity contribution >= 4 is 17.5 Å². The second-order valence-electron chi connectivity index (χ2n) is 5.45. The van der Waals surface area contributed by atoms with Gasteiger partial charge in [0.2, 0.25) is 5.76 Å². The molecule has 5 nitrogen and oxygen atoms in total. The number of halogens is 1. The fourth-order valence-electron chi connectivity index (χ4n) is 2.44. The Kier molecular flexibility index (Phi) is 4.37. The molecule has 0 aliphatic carbocycles. The van der Waals surface area contributed by atoms with Gasteiger partial charge in [-0.25, -0.2) is 4.98 Å². The highest BCUT2D eigenvalue weighted by Gasteiger charge is 2.33. The molecule has 1 aromatic heterocycles. The van der Waals surface area contributed by atoms with E-state index in [-0.39, 0.29) is 11.7 Å². The summed E-state index contributed by atoms with van der Waals surface area (Å²) >= 11 is 5.92. The molecule has 0 atom stereocenters. The summed E-state index contributed by atoms with van der Waals surface area (Å²) in [5, 5.41) is 11.2. The number of benzene rings is 1. The highest BCUT2D eigenvalue weighted by atomic mass is 35.5. The normalized spacial score (nSPS) is 16.5. The molecule has 1 aliphatic heterocycles. The zero-order valence-electron chi connectivity index (χ0n) is 12.3. The first-order chi connectivity index (χ1) is 11.1. The van der Waals surface area contributed by atoms with E-state index in [0.29, 0.717) is 31.0 Å². The van der Waals surface area contributed by atoms with E-state index in [4.69, 9.17) is 16.0 Å². The number of hydrogen-bond donors (Lipinski definition) is 1. The topological polar surface area (TPSA) is 66.6 Å². The SMILES string of the molecule is O=C(c1cnco1)N1CCC(O)(C#Cc2cccc(Cl)c2)CC1. The lowest BCUT2D eigenvalue weighted by molar-refractivity contribution is 0.0234. The van der Waals surface area contributed by atoms with Crippen molar-refractivity contribution in [2.45, 2.75) is 18.4 Å². The second kappa shape index (κ2) is 6.45. The van der Waals surface area contributed by atoms with Crippen LogP contribution in [0, 0.1) is 11.8 Å². The van der Waals surface area contributed by atoms with Crippen molar-refractivity contribution in [3.63, 3.8) is 0 Å². The number of aliphatic hydroxyl groups is 1. The van der Waals surface area contributed by atoms with Crippen LogP contribution in [0.15, 0.2) is 41.3 Å². The highest BCUT2D eigenvalue weighted by Crippen LogP contribution is 2.23. The van der Waals surface area contributed by atoms with E-state index in [1.165, 1.54) is 12.6 Å². The maximum Gasteiger partial charge on any atom is 0.291 e. The van der Waals surface area contributed by atoms with Gasteiger partial charge in [0, 0.05) is 36.5 Å². The summed E-state index contributed by atoms with van der Waals surface area (Å²) in [6, 6.07) is 7.18. The van der Waals surface area contributed by atoms with Gasteiger partial charge in [0.05, 0.1) is 6.20 Å². The molecule has 0 spiro atoms. The third-order valence-electron chi connectivity index (χ3n) is 3.79. The van der Waals surface area contributed by atoms with E-state index in [1.807, 2.05) is 12.1 Å². The van der Waals surface area contributed by atoms with Crippen molar-refractivity contribution in [3.05, 3.63) is 53.2 Å². The molecule has 23 heavy (non-hydrogen) atoms. The lowest BCUT2D eigenvalue weighted by Crippen LogP contribution is -2.46. The van der Waals surface area contributed by atoms with Crippen molar-refractivity contribution < 1.29 is 14.3 Å². The maximum atomic E-state index is 12.1. The van der Waals surface area contributed by atoms with Gasteiger partial charge < -0.3 is 14.4 Å². The Morgan fingerprint density at radius 1 is 1.39 bits per heavy atom. The fourth-order valence-corrected chi connectivity index (χ4v) is 2.63. The Labute approximate surface area is 138 Å². The molecule has 0 saturated carbocycles. The molecular weight excluding hydrogens is 316 g/mol. The smallest absolute Gasteiger partial charge is 0.291 e. The summed E-state index contributed by atoms with van der Waals surface area (Å²) in [5.74, 6) is 5.85. The first-order valence-electron chi connectivity index (χ1n) is 7.25. The lowest BCUT2D eigenvalue weighted by atomic mass is 9.91. The Balaban J connectivity index is 1.65. The number of carbonyl (C=O) groups excluding carboxylic acids is 1. The largest absolute Gasteiger partial charge is 0.438 e. The molecule has 118 valence electrons. The molecule has 1 aromatic carbocycles. The van der Waals surface area contributed by atoms with E-state index in [1.54, 1.807) is 17.0 Å². The van der Waals surface area contributed by atoms with Crippen LogP contribution in [0.5, 0.6) is 0 Å². The van der Waals surface area contributed by atoms with Crippen LogP contribution < -0.4 is 0 Å². The van der Waals surface area contributed by atoms with Gasteiger partial charge >= 0.3 is 0 Å². The van der Waals surface area contributed by atoms with Crippen molar-refractivity contribution in [1.82, 2.24) is 9.88 Å². The van der Waals surface area contributed by atoms with Gasteiger partial charge in [-0.2, -0.15) is 0 Å². The Morgan fingerprint density at radius 3 is 2.83 bits per heavy atom. The molecule has 1 aliphatic rings. The van der Waals surface area contributed by atoms with Gasteiger partial charge in [-0.15, -0.1) is 0 Å². The first-order valence-corrected chi connectivity index (χ1v) is 7.62. The van der Waals surface area contributed by atoms with Crippen LogP contribution in [0.4, 0.5) is 0 Å². The molecule has 0 unspecified atom stereocenters. The van der Waals surface area contributed by atoms with Crippen LogP contribution in [0.3, 0.4) is 0 Å². The molecule has 3 rings (SSSR count). The minimum atomic E-state index is -1.10. The monoisotopic (exact) mass is 330 g/mol. The number of amides is 1. The molecule has 1 fully saturated rings. The number of nitrogens with zero attached hydrogens (tertiary/aromatic N) is 2. The Morgan fingerprint density at radius 2 is 2.17 bits per heavy atom. The Hall–Kier alpha value is -2.29. The Bertz CT molecular complexity index is 754. The average Bonchev–Trinajstić information content (AvgIpc) is 3.08.